The van der Waals surface area contributed by atoms with Gasteiger partial charge in [0, 0.05) is 18.4 Å². The fourth-order valence-electron chi connectivity index (χ4n) is 3.25. The number of para-hydroxylation sites is 1. The molecule has 0 saturated carbocycles. The average Bonchev–Trinajstić information content (AvgIpc) is 2.59. The van der Waals surface area contributed by atoms with Crippen molar-refractivity contribution in [2.45, 2.75) is 51.7 Å². The Hall–Kier alpha value is -2.49. The van der Waals surface area contributed by atoms with E-state index in [-0.39, 0.29) is 17.6 Å². The third-order valence-electron chi connectivity index (χ3n) is 4.55. The highest BCUT2D eigenvalue weighted by Gasteiger charge is 2.34. The summed E-state index contributed by atoms with van der Waals surface area (Å²) in [6, 6.07) is 15.9. The van der Waals surface area contributed by atoms with E-state index in [1.807, 2.05) is 55.5 Å². The summed E-state index contributed by atoms with van der Waals surface area (Å²) in [5, 5.41) is 3.16. The second-order valence-corrected chi connectivity index (χ2v) is 7.49. The monoisotopic (exact) mass is 353 g/mol. The van der Waals surface area contributed by atoms with E-state index in [0.29, 0.717) is 19.4 Å². The number of fused-ring (bicyclic) bond motifs is 1. The molecule has 2 aromatic carbocycles. The highest BCUT2D eigenvalue weighted by Crippen LogP contribution is 2.39. The molecule has 26 heavy (non-hydrogen) atoms. The van der Waals surface area contributed by atoms with E-state index in [2.05, 4.69) is 19.2 Å². The van der Waals surface area contributed by atoms with Crippen molar-refractivity contribution in [3.8, 4) is 11.5 Å². The van der Waals surface area contributed by atoms with Crippen LogP contribution >= 0.6 is 0 Å². The fraction of sp³-hybridized carbons (Fsp3) is 0.409. The van der Waals surface area contributed by atoms with E-state index in [4.69, 9.17) is 9.47 Å². The highest BCUT2D eigenvalue weighted by atomic mass is 16.5. The molecule has 1 amide bonds. The zero-order valence-corrected chi connectivity index (χ0v) is 15.7. The van der Waals surface area contributed by atoms with E-state index in [1.54, 1.807) is 0 Å². The first-order valence-corrected chi connectivity index (χ1v) is 9.20. The Kier molecular flexibility index (Phi) is 5.50. The molecule has 0 saturated heterocycles. The molecule has 3 rings (SSSR count). The van der Waals surface area contributed by atoms with Crippen LogP contribution in [-0.4, -0.2) is 18.1 Å². The number of carbonyl (C=O) groups excluding carboxylic acids is 1. The van der Waals surface area contributed by atoms with E-state index < -0.39 is 0 Å². The molecule has 0 bridgehead atoms. The topological polar surface area (TPSA) is 47.6 Å². The van der Waals surface area contributed by atoms with Crippen molar-refractivity contribution in [1.29, 1.82) is 0 Å². The lowest BCUT2D eigenvalue weighted by Crippen LogP contribution is -2.41. The quantitative estimate of drug-likeness (QED) is 0.774. The van der Waals surface area contributed by atoms with E-state index in [0.717, 1.165) is 23.5 Å². The SMILES string of the molecule is Cc1ccc(OCCCC(=O)NC2CC(C)(C)Oc3ccccc32)cc1. The van der Waals surface area contributed by atoms with Gasteiger partial charge >= 0.3 is 0 Å². The first kappa shape index (κ1) is 18.3. The molecular formula is C22H27NO3. The number of aryl methyl sites for hydroxylation is 1. The summed E-state index contributed by atoms with van der Waals surface area (Å²) in [6.07, 6.45) is 1.90. The van der Waals surface area contributed by atoms with Crippen molar-refractivity contribution in [3.05, 3.63) is 59.7 Å². The van der Waals surface area contributed by atoms with Crippen molar-refractivity contribution < 1.29 is 14.3 Å². The van der Waals surface area contributed by atoms with Gasteiger partial charge in [-0.2, -0.15) is 0 Å². The maximum Gasteiger partial charge on any atom is 0.220 e. The molecule has 1 unspecified atom stereocenters. The minimum atomic E-state index is -0.291. The van der Waals surface area contributed by atoms with Crippen molar-refractivity contribution in [2.24, 2.45) is 0 Å². The summed E-state index contributed by atoms with van der Waals surface area (Å²) in [7, 11) is 0. The van der Waals surface area contributed by atoms with Crippen molar-refractivity contribution in [1.82, 2.24) is 5.32 Å². The maximum absolute atomic E-state index is 12.4. The molecule has 2 aromatic rings. The van der Waals surface area contributed by atoms with Gasteiger partial charge in [-0.1, -0.05) is 35.9 Å². The third-order valence-corrected chi connectivity index (χ3v) is 4.55. The van der Waals surface area contributed by atoms with Gasteiger partial charge in [-0.15, -0.1) is 0 Å². The molecule has 4 heteroatoms. The first-order valence-electron chi connectivity index (χ1n) is 9.20. The molecule has 1 aliphatic rings. The van der Waals surface area contributed by atoms with Crippen LogP contribution in [0.4, 0.5) is 0 Å². The van der Waals surface area contributed by atoms with Crippen LogP contribution in [-0.2, 0) is 4.79 Å². The molecule has 4 nitrogen and oxygen atoms in total. The van der Waals surface area contributed by atoms with Crippen LogP contribution in [0, 0.1) is 6.92 Å². The number of hydrogen-bond acceptors (Lipinski definition) is 3. The lowest BCUT2D eigenvalue weighted by atomic mass is 9.89. The van der Waals surface area contributed by atoms with Gasteiger partial charge in [-0.3, -0.25) is 4.79 Å². The van der Waals surface area contributed by atoms with E-state index >= 15 is 0 Å². The lowest BCUT2D eigenvalue weighted by Gasteiger charge is -2.37. The average molecular weight is 353 g/mol. The Bertz CT molecular complexity index is 752. The Morgan fingerprint density at radius 3 is 2.69 bits per heavy atom. The number of ether oxygens (including phenoxy) is 2. The number of rotatable bonds is 6. The molecule has 0 spiro atoms. The molecule has 1 N–H and O–H groups in total. The number of amides is 1. The summed E-state index contributed by atoms with van der Waals surface area (Å²) in [5.74, 6) is 1.75. The molecule has 138 valence electrons. The summed E-state index contributed by atoms with van der Waals surface area (Å²) in [5.41, 5.74) is 1.97. The van der Waals surface area contributed by atoms with Gasteiger partial charge < -0.3 is 14.8 Å². The van der Waals surface area contributed by atoms with Gasteiger partial charge in [0.2, 0.25) is 5.91 Å². The normalized spacial score (nSPS) is 17.7. The van der Waals surface area contributed by atoms with Crippen LogP contribution in [0.2, 0.25) is 0 Å². The van der Waals surface area contributed by atoms with Crippen molar-refractivity contribution >= 4 is 5.91 Å². The zero-order valence-electron chi connectivity index (χ0n) is 15.7. The number of hydrogen-bond donors (Lipinski definition) is 1. The smallest absolute Gasteiger partial charge is 0.220 e. The zero-order chi connectivity index (χ0) is 18.6. The predicted octanol–water partition coefficient (Wildman–Crippen LogP) is 4.57. The Labute approximate surface area is 155 Å². The molecule has 1 aliphatic heterocycles. The molecule has 0 aromatic heterocycles. The highest BCUT2D eigenvalue weighted by molar-refractivity contribution is 5.76. The molecule has 1 heterocycles. The van der Waals surface area contributed by atoms with Gasteiger partial charge in [-0.05, 0) is 45.4 Å². The second kappa shape index (κ2) is 7.81. The summed E-state index contributed by atoms with van der Waals surface area (Å²) >= 11 is 0. The molecule has 0 radical (unpaired) electrons. The van der Waals surface area contributed by atoms with Crippen LogP contribution in [0.1, 0.15) is 50.3 Å². The maximum atomic E-state index is 12.4. The fourth-order valence-corrected chi connectivity index (χ4v) is 3.25. The summed E-state index contributed by atoms with van der Waals surface area (Å²) in [6.45, 7) is 6.69. The van der Waals surface area contributed by atoms with E-state index in [1.165, 1.54) is 5.56 Å². The van der Waals surface area contributed by atoms with Crippen LogP contribution in [0.15, 0.2) is 48.5 Å². The van der Waals surface area contributed by atoms with Crippen LogP contribution in [0.25, 0.3) is 0 Å². The van der Waals surface area contributed by atoms with Gasteiger partial charge in [0.15, 0.2) is 0 Å². The second-order valence-electron chi connectivity index (χ2n) is 7.49. The van der Waals surface area contributed by atoms with Crippen LogP contribution in [0.3, 0.4) is 0 Å². The number of benzene rings is 2. The molecule has 1 atom stereocenters. The number of nitrogens with one attached hydrogen (secondary N) is 1. The third kappa shape index (κ3) is 4.78. The Morgan fingerprint density at radius 1 is 1.19 bits per heavy atom. The number of carbonyl (C=O) groups is 1. The largest absolute Gasteiger partial charge is 0.494 e. The van der Waals surface area contributed by atoms with Crippen molar-refractivity contribution in [2.75, 3.05) is 6.61 Å². The van der Waals surface area contributed by atoms with Gasteiger partial charge in [0.05, 0.1) is 12.6 Å². The molecule has 0 fully saturated rings. The standard InChI is InChI=1S/C22H27NO3/c1-16-10-12-17(13-11-16)25-14-6-9-21(24)23-19-15-22(2,3)26-20-8-5-4-7-18(19)20/h4-5,7-8,10-13,19H,6,9,14-15H2,1-3H3,(H,23,24). The first-order chi connectivity index (χ1) is 12.4. The van der Waals surface area contributed by atoms with Crippen LogP contribution in [0.5, 0.6) is 11.5 Å². The molecule has 0 aliphatic carbocycles. The van der Waals surface area contributed by atoms with Gasteiger partial charge in [0.1, 0.15) is 17.1 Å². The van der Waals surface area contributed by atoms with Gasteiger partial charge in [-0.25, -0.2) is 0 Å². The minimum Gasteiger partial charge on any atom is -0.494 e. The summed E-state index contributed by atoms with van der Waals surface area (Å²) in [4.78, 5) is 12.4. The molecular weight excluding hydrogens is 326 g/mol. The van der Waals surface area contributed by atoms with Crippen molar-refractivity contribution in [3.63, 3.8) is 0 Å². The van der Waals surface area contributed by atoms with E-state index in [9.17, 15) is 4.79 Å². The van der Waals surface area contributed by atoms with Crippen LogP contribution < -0.4 is 14.8 Å². The minimum absolute atomic E-state index is 0.0135. The Balaban J connectivity index is 1.49. The van der Waals surface area contributed by atoms with Gasteiger partial charge in [0.25, 0.3) is 0 Å². The Morgan fingerprint density at radius 2 is 1.92 bits per heavy atom. The summed E-state index contributed by atoms with van der Waals surface area (Å²) < 4.78 is 11.7. The predicted molar refractivity (Wildman–Crippen MR) is 103 cm³/mol. The lowest BCUT2D eigenvalue weighted by molar-refractivity contribution is -0.122.